The van der Waals surface area contributed by atoms with E-state index in [1.807, 2.05) is 84.9 Å². The Balaban J connectivity index is 1.44. The Bertz CT molecular complexity index is 944. The van der Waals surface area contributed by atoms with Crippen molar-refractivity contribution >= 4 is 0 Å². The highest BCUT2D eigenvalue weighted by Gasteiger charge is 2.27. The molecule has 0 radical (unpaired) electrons. The van der Waals surface area contributed by atoms with Crippen molar-refractivity contribution in [1.82, 2.24) is 10.2 Å². The standard InChI is InChI=1S/C28H34N2O3/c31-20-27(23-11-5-2-6-12-23)29-26(19-30-17-7-8-18-30)28(32)24-13-15-25(16-14-24)33-21-22-9-3-1-4-10-22/h1-6,9-16,26-29,31-32H,7-8,17-21H2/t26-,27?,28-/m1/s1. The van der Waals surface area contributed by atoms with Gasteiger partial charge in [-0.05, 0) is 54.8 Å². The molecule has 174 valence electrons. The first-order valence-corrected chi connectivity index (χ1v) is 11.8. The molecular formula is C28H34N2O3. The molecule has 0 spiro atoms. The highest BCUT2D eigenvalue weighted by atomic mass is 16.5. The monoisotopic (exact) mass is 446 g/mol. The zero-order chi connectivity index (χ0) is 22.9. The van der Waals surface area contributed by atoms with Gasteiger partial charge in [0.1, 0.15) is 12.4 Å². The minimum absolute atomic E-state index is 0.0283. The predicted octanol–water partition coefficient (Wildman–Crippen LogP) is 4.09. The lowest BCUT2D eigenvalue weighted by Crippen LogP contribution is -2.46. The molecule has 1 heterocycles. The fourth-order valence-corrected chi connectivity index (χ4v) is 4.42. The van der Waals surface area contributed by atoms with Crippen LogP contribution in [0.15, 0.2) is 84.9 Å². The Kier molecular flexibility index (Phi) is 8.50. The van der Waals surface area contributed by atoms with Gasteiger partial charge in [0.25, 0.3) is 0 Å². The lowest BCUT2D eigenvalue weighted by Gasteiger charge is -2.32. The van der Waals surface area contributed by atoms with E-state index in [2.05, 4.69) is 10.2 Å². The second-order valence-electron chi connectivity index (χ2n) is 8.71. The van der Waals surface area contributed by atoms with E-state index in [9.17, 15) is 10.2 Å². The van der Waals surface area contributed by atoms with Crippen LogP contribution in [-0.4, -0.2) is 47.4 Å². The summed E-state index contributed by atoms with van der Waals surface area (Å²) in [5.41, 5.74) is 2.97. The van der Waals surface area contributed by atoms with Crippen molar-refractivity contribution < 1.29 is 14.9 Å². The molecule has 1 aliphatic rings. The third-order valence-electron chi connectivity index (χ3n) is 6.30. The van der Waals surface area contributed by atoms with Gasteiger partial charge in [-0.2, -0.15) is 0 Å². The Hall–Kier alpha value is -2.70. The van der Waals surface area contributed by atoms with Gasteiger partial charge in [0.2, 0.25) is 0 Å². The summed E-state index contributed by atoms with van der Waals surface area (Å²) in [6.07, 6.45) is 1.68. The zero-order valence-corrected chi connectivity index (χ0v) is 19.0. The van der Waals surface area contributed by atoms with Gasteiger partial charge in [0.15, 0.2) is 0 Å². The van der Waals surface area contributed by atoms with Crippen LogP contribution in [0.3, 0.4) is 0 Å². The summed E-state index contributed by atoms with van der Waals surface area (Å²) >= 11 is 0. The molecule has 3 atom stereocenters. The Morgan fingerprint density at radius 3 is 2.09 bits per heavy atom. The molecule has 5 nitrogen and oxygen atoms in total. The molecule has 5 heteroatoms. The summed E-state index contributed by atoms with van der Waals surface area (Å²) in [6, 6.07) is 27.2. The van der Waals surface area contributed by atoms with Crippen LogP contribution in [0.2, 0.25) is 0 Å². The molecule has 0 amide bonds. The highest BCUT2D eigenvalue weighted by Crippen LogP contribution is 2.25. The van der Waals surface area contributed by atoms with E-state index in [-0.39, 0.29) is 18.7 Å². The number of benzene rings is 3. The summed E-state index contributed by atoms with van der Waals surface area (Å²) in [5, 5.41) is 24.9. The molecule has 0 aromatic heterocycles. The quantitative estimate of drug-likeness (QED) is 0.414. The van der Waals surface area contributed by atoms with E-state index in [1.54, 1.807) is 0 Å². The first kappa shape index (κ1) is 23.5. The minimum Gasteiger partial charge on any atom is -0.489 e. The van der Waals surface area contributed by atoms with Crippen molar-refractivity contribution in [3.63, 3.8) is 0 Å². The van der Waals surface area contributed by atoms with Gasteiger partial charge in [-0.15, -0.1) is 0 Å². The van der Waals surface area contributed by atoms with Crippen molar-refractivity contribution in [1.29, 1.82) is 0 Å². The van der Waals surface area contributed by atoms with E-state index in [4.69, 9.17) is 4.74 Å². The summed E-state index contributed by atoms with van der Waals surface area (Å²) in [6.45, 7) is 3.31. The second kappa shape index (κ2) is 12.0. The lowest BCUT2D eigenvalue weighted by molar-refractivity contribution is 0.0915. The number of hydrogen-bond acceptors (Lipinski definition) is 5. The van der Waals surface area contributed by atoms with Crippen molar-refractivity contribution in [3.8, 4) is 5.75 Å². The normalized spacial score (nSPS) is 16.9. The molecule has 1 aliphatic heterocycles. The lowest BCUT2D eigenvalue weighted by atomic mass is 9.99. The molecule has 3 aromatic carbocycles. The van der Waals surface area contributed by atoms with E-state index in [0.29, 0.717) is 6.61 Å². The zero-order valence-electron chi connectivity index (χ0n) is 19.0. The largest absolute Gasteiger partial charge is 0.489 e. The number of hydrogen-bond donors (Lipinski definition) is 3. The van der Waals surface area contributed by atoms with Crippen LogP contribution >= 0.6 is 0 Å². The average Bonchev–Trinajstić information content (AvgIpc) is 3.39. The molecular weight excluding hydrogens is 412 g/mol. The highest BCUT2D eigenvalue weighted by molar-refractivity contribution is 5.30. The van der Waals surface area contributed by atoms with Gasteiger partial charge < -0.3 is 25.2 Å². The molecule has 3 N–H and O–H groups in total. The molecule has 0 saturated carbocycles. The van der Waals surface area contributed by atoms with Crippen LogP contribution in [0.4, 0.5) is 0 Å². The number of aliphatic hydroxyl groups is 2. The first-order chi connectivity index (χ1) is 16.2. The third kappa shape index (κ3) is 6.65. The number of rotatable bonds is 11. The summed E-state index contributed by atoms with van der Waals surface area (Å²) in [7, 11) is 0. The molecule has 33 heavy (non-hydrogen) atoms. The maximum atomic E-state index is 11.3. The number of aliphatic hydroxyl groups excluding tert-OH is 2. The number of likely N-dealkylation sites (tertiary alicyclic amines) is 1. The molecule has 3 aromatic rings. The summed E-state index contributed by atoms with van der Waals surface area (Å²) < 4.78 is 5.90. The predicted molar refractivity (Wildman–Crippen MR) is 131 cm³/mol. The molecule has 0 aliphatic carbocycles. The van der Waals surface area contributed by atoms with Crippen molar-refractivity contribution in [2.45, 2.75) is 37.6 Å². The maximum Gasteiger partial charge on any atom is 0.119 e. The molecule has 1 fully saturated rings. The second-order valence-corrected chi connectivity index (χ2v) is 8.71. The molecule has 1 unspecified atom stereocenters. The third-order valence-corrected chi connectivity index (χ3v) is 6.30. The topological polar surface area (TPSA) is 65.0 Å². The number of nitrogens with one attached hydrogen (secondary N) is 1. The Morgan fingerprint density at radius 1 is 0.818 bits per heavy atom. The van der Waals surface area contributed by atoms with Crippen LogP contribution in [0.5, 0.6) is 5.75 Å². The van der Waals surface area contributed by atoms with Gasteiger partial charge in [0.05, 0.1) is 24.8 Å². The summed E-state index contributed by atoms with van der Waals surface area (Å²) in [4.78, 5) is 2.39. The van der Waals surface area contributed by atoms with Crippen LogP contribution < -0.4 is 10.1 Å². The van der Waals surface area contributed by atoms with Gasteiger partial charge in [-0.3, -0.25) is 0 Å². The number of ether oxygens (including phenoxy) is 1. The average molecular weight is 447 g/mol. The van der Waals surface area contributed by atoms with Crippen LogP contribution in [0, 0.1) is 0 Å². The summed E-state index contributed by atoms with van der Waals surface area (Å²) in [5.74, 6) is 0.774. The van der Waals surface area contributed by atoms with Gasteiger partial charge in [-0.25, -0.2) is 0 Å². The van der Waals surface area contributed by atoms with E-state index in [0.717, 1.165) is 42.1 Å². The Labute approximate surface area is 196 Å². The number of nitrogens with zero attached hydrogens (tertiary/aromatic N) is 1. The van der Waals surface area contributed by atoms with Gasteiger partial charge in [-0.1, -0.05) is 72.8 Å². The van der Waals surface area contributed by atoms with E-state index < -0.39 is 6.10 Å². The van der Waals surface area contributed by atoms with E-state index in [1.165, 1.54) is 12.8 Å². The van der Waals surface area contributed by atoms with Gasteiger partial charge in [0, 0.05) is 6.54 Å². The fraction of sp³-hybridized carbons (Fsp3) is 0.357. The van der Waals surface area contributed by atoms with Crippen LogP contribution in [0.1, 0.15) is 41.7 Å². The SMILES string of the molecule is OCC(N[C@H](CN1CCCC1)[C@H](O)c1ccc(OCc2ccccc2)cc1)c1ccccc1. The first-order valence-electron chi connectivity index (χ1n) is 11.8. The molecule has 0 bridgehead atoms. The molecule has 4 rings (SSSR count). The van der Waals surface area contributed by atoms with Crippen LogP contribution in [0.25, 0.3) is 0 Å². The maximum absolute atomic E-state index is 11.3. The van der Waals surface area contributed by atoms with Crippen molar-refractivity contribution in [3.05, 3.63) is 102 Å². The van der Waals surface area contributed by atoms with E-state index >= 15 is 0 Å². The Morgan fingerprint density at radius 2 is 1.45 bits per heavy atom. The smallest absolute Gasteiger partial charge is 0.119 e. The van der Waals surface area contributed by atoms with Crippen molar-refractivity contribution in [2.24, 2.45) is 0 Å². The van der Waals surface area contributed by atoms with Gasteiger partial charge >= 0.3 is 0 Å². The van der Waals surface area contributed by atoms with Crippen LogP contribution in [-0.2, 0) is 6.61 Å². The van der Waals surface area contributed by atoms with Crippen molar-refractivity contribution in [2.75, 3.05) is 26.2 Å². The minimum atomic E-state index is -0.702. The fourth-order valence-electron chi connectivity index (χ4n) is 4.42. The molecule has 1 saturated heterocycles.